The van der Waals surface area contributed by atoms with Crippen molar-refractivity contribution in [1.29, 1.82) is 0 Å². The summed E-state index contributed by atoms with van der Waals surface area (Å²) in [5.74, 6) is 1.96. The molecule has 3 unspecified atom stereocenters. The molecule has 0 bridgehead atoms. The van der Waals surface area contributed by atoms with Crippen LogP contribution in [0.1, 0.15) is 42.9 Å². The Balaban J connectivity index is 1.82. The molecule has 17 heavy (non-hydrogen) atoms. The summed E-state index contributed by atoms with van der Waals surface area (Å²) in [4.78, 5) is 0. The van der Waals surface area contributed by atoms with Gasteiger partial charge in [-0.2, -0.15) is 0 Å². The molecule has 1 aromatic rings. The fraction of sp³-hybridized carbons (Fsp3) is 0.600. The van der Waals surface area contributed by atoms with Crippen LogP contribution in [-0.2, 0) is 0 Å². The number of fused-ring (bicyclic) bond motifs is 1. The van der Waals surface area contributed by atoms with Crippen molar-refractivity contribution in [3.05, 3.63) is 35.1 Å². The molecular weight excluding hydrogens is 213 g/mol. The van der Waals surface area contributed by atoms with E-state index in [0.717, 1.165) is 23.0 Å². The summed E-state index contributed by atoms with van der Waals surface area (Å²) in [6, 6.07) is 5.19. The van der Waals surface area contributed by atoms with Crippen LogP contribution in [0.4, 0.5) is 4.39 Å². The number of hydrogen-bond acceptors (Lipinski definition) is 1. The van der Waals surface area contributed by atoms with Crippen molar-refractivity contribution in [1.82, 2.24) is 0 Å². The second-order valence-corrected chi connectivity index (χ2v) is 5.74. The molecule has 0 radical (unpaired) electrons. The van der Waals surface area contributed by atoms with Crippen molar-refractivity contribution < 1.29 is 4.39 Å². The molecule has 2 fully saturated rings. The number of aryl methyl sites for hydroxylation is 1. The summed E-state index contributed by atoms with van der Waals surface area (Å²) < 4.78 is 13.8. The number of nitrogens with two attached hydrogens (primary N) is 1. The lowest BCUT2D eigenvalue weighted by Gasteiger charge is -2.13. The van der Waals surface area contributed by atoms with Crippen LogP contribution in [0.25, 0.3) is 0 Å². The van der Waals surface area contributed by atoms with Gasteiger partial charge in [0.15, 0.2) is 0 Å². The van der Waals surface area contributed by atoms with Crippen molar-refractivity contribution in [3.63, 3.8) is 0 Å². The first-order chi connectivity index (χ1) is 8.18. The zero-order chi connectivity index (χ0) is 12.0. The number of benzene rings is 1. The van der Waals surface area contributed by atoms with Crippen molar-refractivity contribution in [2.24, 2.45) is 23.5 Å². The predicted octanol–water partition coefficient (Wildman–Crippen LogP) is 3.57. The Kier molecular flexibility index (Phi) is 2.70. The molecule has 0 aliphatic heterocycles. The summed E-state index contributed by atoms with van der Waals surface area (Å²) in [5.41, 5.74) is 8.11. The van der Waals surface area contributed by atoms with Crippen LogP contribution in [-0.4, -0.2) is 0 Å². The van der Waals surface area contributed by atoms with Crippen LogP contribution in [0.2, 0.25) is 0 Å². The Labute approximate surface area is 102 Å². The Bertz CT molecular complexity index is 417. The highest BCUT2D eigenvalue weighted by molar-refractivity contribution is 5.29. The van der Waals surface area contributed by atoms with Crippen molar-refractivity contribution in [3.8, 4) is 0 Å². The monoisotopic (exact) mass is 233 g/mol. The Morgan fingerprint density at radius 3 is 2.53 bits per heavy atom. The zero-order valence-corrected chi connectivity index (χ0v) is 10.3. The van der Waals surface area contributed by atoms with Crippen molar-refractivity contribution >= 4 is 0 Å². The Morgan fingerprint density at radius 1 is 1.24 bits per heavy atom. The maximum Gasteiger partial charge on any atom is 0.128 e. The minimum Gasteiger partial charge on any atom is -0.324 e. The molecule has 0 heterocycles. The molecule has 1 aromatic carbocycles. The van der Waals surface area contributed by atoms with E-state index in [1.807, 2.05) is 19.1 Å². The molecule has 2 N–H and O–H groups in total. The minimum absolute atomic E-state index is 0.0944. The first kappa shape index (κ1) is 11.2. The van der Waals surface area contributed by atoms with Gasteiger partial charge in [0.05, 0.1) is 0 Å². The quantitative estimate of drug-likeness (QED) is 0.830. The van der Waals surface area contributed by atoms with E-state index >= 15 is 0 Å². The largest absolute Gasteiger partial charge is 0.324 e. The molecule has 0 amide bonds. The van der Waals surface area contributed by atoms with Gasteiger partial charge in [0, 0.05) is 11.6 Å². The molecule has 2 heteroatoms. The van der Waals surface area contributed by atoms with Gasteiger partial charge >= 0.3 is 0 Å². The molecule has 2 aliphatic rings. The van der Waals surface area contributed by atoms with Gasteiger partial charge in [0.1, 0.15) is 5.82 Å². The molecule has 0 spiro atoms. The molecule has 2 aliphatic carbocycles. The Hall–Kier alpha value is -0.890. The van der Waals surface area contributed by atoms with Crippen LogP contribution in [0, 0.1) is 30.5 Å². The van der Waals surface area contributed by atoms with Crippen molar-refractivity contribution in [2.45, 2.75) is 38.6 Å². The third-order valence-corrected chi connectivity index (χ3v) is 4.65. The summed E-state index contributed by atoms with van der Waals surface area (Å²) in [5, 5.41) is 0. The molecule has 2 saturated carbocycles. The average Bonchev–Trinajstić information content (AvgIpc) is 3.05. The predicted molar refractivity (Wildman–Crippen MR) is 67.0 cm³/mol. The standard InChI is InChI=1S/C15H20FN/c1-9-6-7-13(16)12(8-9)15(17)14-10-4-2-3-5-11(10)14/h6-8,10-11,14-15H,2-5,17H2,1H3. The maximum atomic E-state index is 13.8. The van der Waals surface area contributed by atoms with E-state index in [2.05, 4.69) is 0 Å². The van der Waals surface area contributed by atoms with E-state index < -0.39 is 0 Å². The van der Waals surface area contributed by atoms with Crippen molar-refractivity contribution in [2.75, 3.05) is 0 Å². The number of halogens is 1. The van der Waals surface area contributed by atoms with Gasteiger partial charge < -0.3 is 5.73 Å². The van der Waals surface area contributed by atoms with Gasteiger partial charge in [0.2, 0.25) is 0 Å². The van der Waals surface area contributed by atoms with Crippen LogP contribution in [0.15, 0.2) is 18.2 Å². The van der Waals surface area contributed by atoms with Gasteiger partial charge in [-0.05, 0) is 43.6 Å². The minimum atomic E-state index is -0.133. The lowest BCUT2D eigenvalue weighted by molar-refractivity contribution is 0.480. The summed E-state index contributed by atoms with van der Waals surface area (Å²) in [6.45, 7) is 2.00. The SMILES string of the molecule is Cc1ccc(F)c(C(N)C2C3CCCCC32)c1. The topological polar surface area (TPSA) is 26.0 Å². The number of rotatable bonds is 2. The molecule has 3 rings (SSSR count). The van der Waals surface area contributed by atoms with Crippen LogP contribution in [0.3, 0.4) is 0 Å². The maximum absolute atomic E-state index is 13.8. The first-order valence-corrected chi connectivity index (χ1v) is 6.70. The van der Waals surface area contributed by atoms with Gasteiger partial charge in [-0.15, -0.1) is 0 Å². The zero-order valence-electron chi connectivity index (χ0n) is 10.3. The second kappa shape index (κ2) is 4.09. The first-order valence-electron chi connectivity index (χ1n) is 6.70. The fourth-order valence-corrected chi connectivity index (χ4v) is 3.71. The second-order valence-electron chi connectivity index (χ2n) is 5.74. The van der Waals surface area contributed by atoms with E-state index in [0.29, 0.717) is 5.92 Å². The highest BCUT2D eigenvalue weighted by Gasteiger charge is 2.53. The molecule has 0 aromatic heterocycles. The highest BCUT2D eigenvalue weighted by atomic mass is 19.1. The summed E-state index contributed by atoms with van der Waals surface area (Å²) >= 11 is 0. The van der Waals surface area contributed by atoms with E-state index in [4.69, 9.17) is 5.73 Å². The molecule has 92 valence electrons. The van der Waals surface area contributed by atoms with Gasteiger partial charge in [-0.3, -0.25) is 0 Å². The van der Waals surface area contributed by atoms with E-state index in [9.17, 15) is 4.39 Å². The molecule has 3 atom stereocenters. The average molecular weight is 233 g/mol. The lowest BCUT2D eigenvalue weighted by atomic mass is 9.98. The van der Waals surface area contributed by atoms with Gasteiger partial charge in [-0.25, -0.2) is 4.39 Å². The van der Waals surface area contributed by atoms with E-state index in [1.54, 1.807) is 6.07 Å². The normalized spacial score (nSPS) is 33.0. The lowest BCUT2D eigenvalue weighted by Crippen LogP contribution is -2.16. The fourth-order valence-electron chi connectivity index (χ4n) is 3.71. The molecule has 1 nitrogen and oxygen atoms in total. The molecule has 0 saturated heterocycles. The summed E-state index contributed by atoms with van der Waals surface area (Å²) in [6.07, 6.45) is 5.27. The van der Waals surface area contributed by atoms with Crippen LogP contribution in [0.5, 0.6) is 0 Å². The van der Waals surface area contributed by atoms with E-state index in [-0.39, 0.29) is 11.9 Å². The third kappa shape index (κ3) is 1.89. The Morgan fingerprint density at radius 2 is 1.88 bits per heavy atom. The number of hydrogen-bond donors (Lipinski definition) is 1. The summed E-state index contributed by atoms with van der Waals surface area (Å²) in [7, 11) is 0. The highest BCUT2D eigenvalue weighted by Crippen LogP contribution is 2.59. The van der Waals surface area contributed by atoms with Crippen LogP contribution >= 0.6 is 0 Å². The van der Waals surface area contributed by atoms with Gasteiger partial charge in [0.25, 0.3) is 0 Å². The van der Waals surface area contributed by atoms with Crippen LogP contribution < -0.4 is 5.73 Å². The smallest absolute Gasteiger partial charge is 0.128 e. The molecular formula is C15H20FN. The van der Waals surface area contributed by atoms with Gasteiger partial charge in [-0.1, -0.05) is 30.5 Å². The van der Waals surface area contributed by atoms with E-state index in [1.165, 1.54) is 25.7 Å². The third-order valence-electron chi connectivity index (χ3n) is 4.65.